The molecule has 31 heavy (non-hydrogen) atoms. The topological polar surface area (TPSA) is 68.8 Å². The van der Waals surface area contributed by atoms with Crippen molar-refractivity contribution in [2.75, 3.05) is 12.3 Å². The maximum absolute atomic E-state index is 6.30. The number of hydrogen-bond acceptors (Lipinski definition) is 6. The number of tetrazole rings is 1. The maximum atomic E-state index is 6.30. The minimum Gasteiger partial charge on any atom is -0.460 e. The first kappa shape index (κ1) is 23.8. The van der Waals surface area contributed by atoms with Crippen LogP contribution in [-0.2, 0) is 6.54 Å². The van der Waals surface area contributed by atoms with E-state index in [2.05, 4.69) is 36.8 Å². The monoisotopic (exact) mass is 539 g/mol. The SMILES string of the molecule is Cl.Clc1cc(Br)ccc1-c1ccc(CNCCCSc2nnnn2-c2ccccc2)o1. The normalized spacial score (nSPS) is 10.8. The number of benzene rings is 2. The number of hydrogen-bond donors (Lipinski definition) is 1. The van der Waals surface area contributed by atoms with Gasteiger partial charge >= 0.3 is 0 Å². The molecule has 0 radical (unpaired) electrons. The fraction of sp³-hybridized carbons (Fsp3) is 0.190. The summed E-state index contributed by atoms with van der Waals surface area (Å²) in [5, 5.41) is 16.9. The summed E-state index contributed by atoms with van der Waals surface area (Å²) in [6, 6.07) is 19.6. The van der Waals surface area contributed by atoms with E-state index in [4.69, 9.17) is 16.0 Å². The van der Waals surface area contributed by atoms with Crippen LogP contribution < -0.4 is 5.32 Å². The summed E-state index contributed by atoms with van der Waals surface area (Å²) in [4.78, 5) is 0. The lowest BCUT2D eigenvalue weighted by molar-refractivity contribution is 0.494. The number of aromatic nitrogens is 4. The van der Waals surface area contributed by atoms with Crippen LogP contribution in [0, 0.1) is 0 Å². The molecule has 0 aliphatic heterocycles. The molecule has 2 aromatic heterocycles. The van der Waals surface area contributed by atoms with Gasteiger partial charge in [-0.2, -0.15) is 4.68 Å². The number of thioether (sulfide) groups is 1. The lowest BCUT2D eigenvalue weighted by Gasteiger charge is -2.05. The molecule has 10 heteroatoms. The zero-order valence-electron chi connectivity index (χ0n) is 16.4. The van der Waals surface area contributed by atoms with Gasteiger partial charge in [-0.25, -0.2) is 0 Å². The molecule has 4 aromatic rings. The average molecular weight is 541 g/mol. The van der Waals surface area contributed by atoms with Gasteiger partial charge in [0.25, 0.3) is 0 Å². The van der Waals surface area contributed by atoms with Crippen LogP contribution in [0.5, 0.6) is 0 Å². The van der Waals surface area contributed by atoms with E-state index in [0.717, 1.165) is 51.1 Å². The Morgan fingerprint density at radius 2 is 1.94 bits per heavy atom. The van der Waals surface area contributed by atoms with E-state index >= 15 is 0 Å². The molecule has 0 saturated heterocycles. The third-order valence-electron chi connectivity index (χ3n) is 4.33. The van der Waals surface area contributed by atoms with Gasteiger partial charge in [0.1, 0.15) is 11.5 Å². The fourth-order valence-electron chi connectivity index (χ4n) is 2.88. The molecule has 0 spiro atoms. The van der Waals surface area contributed by atoms with Gasteiger partial charge in [-0.1, -0.05) is 57.5 Å². The second-order valence-corrected chi connectivity index (χ2v) is 8.86. The second-order valence-electron chi connectivity index (χ2n) is 6.48. The van der Waals surface area contributed by atoms with Crippen molar-refractivity contribution in [1.82, 2.24) is 25.5 Å². The van der Waals surface area contributed by atoms with Gasteiger partial charge in [0, 0.05) is 15.8 Å². The van der Waals surface area contributed by atoms with Crippen molar-refractivity contribution in [3.63, 3.8) is 0 Å². The number of nitrogens with zero attached hydrogens (tertiary/aromatic N) is 4. The molecule has 4 rings (SSSR count). The van der Waals surface area contributed by atoms with Crippen molar-refractivity contribution in [1.29, 1.82) is 0 Å². The highest BCUT2D eigenvalue weighted by Gasteiger charge is 2.10. The molecule has 0 fully saturated rings. The van der Waals surface area contributed by atoms with Gasteiger partial charge in [0.2, 0.25) is 5.16 Å². The summed E-state index contributed by atoms with van der Waals surface area (Å²) in [5.41, 5.74) is 1.85. The fourth-order valence-corrected chi connectivity index (χ4v) is 4.48. The predicted octanol–water partition coefficient (Wildman–Crippen LogP) is 6.03. The van der Waals surface area contributed by atoms with Crippen molar-refractivity contribution >= 4 is 51.7 Å². The first-order chi connectivity index (χ1) is 14.7. The zero-order chi connectivity index (χ0) is 20.8. The molecule has 0 aliphatic carbocycles. The van der Waals surface area contributed by atoms with E-state index in [-0.39, 0.29) is 12.4 Å². The van der Waals surface area contributed by atoms with E-state index < -0.39 is 0 Å². The van der Waals surface area contributed by atoms with E-state index in [1.54, 1.807) is 16.4 Å². The molecule has 6 nitrogen and oxygen atoms in total. The molecule has 2 heterocycles. The van der Waals surface area contributed by atoms with Gasteiger partial charge < -0.3 is 9.73 Å². The summed E-state index contributed by atoms with van der Waals surface area (Å²) in [6.07, 6.45) is 0.985. The van der Waals surface area contributed by atoms with Gasteiger partial charge in [-0.15, -0.1) is 17.5 Å². The summed E-state index contributed by atoms with van der Waals surface area (Å²) in [6.45, 7) is 1.54. The number of nitrogens with one attached hydrogen (secondary N) is 1. The molecule has 162 valence electrons. The first-order valence-corrected chi connectivity index (χ1v) is 11.6. The van der Waals surface area contributed by atoms with Gasteiger partial charge in [0.15, 0.2) is 0 Å². The number of halogens is 3. The highest BCUT2D eigenvalue weighted by Crippen LogP contribution is 2.31. The summed E-state index contributed by atoms with van der Waals surface area (Å²) >= 11 is 11.4. The second kappa shape index (κ2) is 11.7. The molecular formula is C21H20BrCl2N5OS. The number of rotatable bonds is 9. The standard InChI is InChI=1S/C21H19BrClN5OS.ClH/c22-15-7-9-18(19(23)13-15)20-10-8-17(29-20)14-24-11-4-12-30-21-25-26-27-28(21)16-5-2-1-3-6-16;/h1-3,5-10,13,24H,4,11-12,14H2;1H. The van der Waals surface area contributed by atoms with Crippen molar-refractivity contribution in [2.24, 2.45) is 0 Å². The van der Waals surface area contributed by atoms with Gasteiger partial charge in [-0.05, 0) is 65.9 Å². The van der Waals surface area contributed by atoms with Crippen LogP contribution in [0.3, 0.4) is 0 Å². The van der Waals surface area contributed by atoms with Crippen LogP contribution >= 0.6 is 51.7 Å². The average Bonchev–Trinajstić information content (AvgIpc) is 3.41. The Bertz CT molecular complexity index is 1110. The molecule has 0 atom stereocenters. The third-order valence-corrected chi connectivity index (χ3v) is 6.14. The lowest BCUT2D eigenvalue weighted by Crippen LogP contribution is -2.14. The van der Waals surface area contributed by atoms with Crippen molar-refractivity contribution < 1.29 is 4.42 Å². The Balaban J connectivity index is 0.00000272. The minimum absolute atomic E-state index is 0. The minimum atomic E-state index is 0. The van der Waals surface area contributed by atoms with Crippen molar-refractivity contribution in [3.8, 4) is 17.0 Å². The van der Waals surface area contributed by atoms with Crippen LogP contribution in [0.2, 0.25) is 5.02 Å². The molecule has 2 aromatic carbocycles. The predicted molar refractivity (Wildman–Crippen MR) is 130 cm³/mol. The molecule has 0 saturated carbocycles. The van der Waals surface area contributed by atoms with Gasteiger partial charge in [0.05, 0.1) is 17.3 Å². The van der Waals surface area contributed by atoms with E-state index in [9.17, 15) is 0 Å². The molecule has 0 unspecified atom stereocenters. The number of para-hydroxylation sites is 1. The molecular weight excluding hydrogens is 521 g/mol. The Kier molecular flexibility index (Phi) is 8.98. The van der Waals surface area contributed by atoms with Crippen molar-refractivity contribution in [2.45, 2.75) is 18.1 Å². The van der Waals surface area contributed by atoms with E-state index in [0.29, 0.717) is 11.6 Å². The quantitative estimate of drug-likeness (QED) is 0.206. The summed E-state index contributed by atoms with van der Waals surface area (Å²) in [5.74, 6) is 2.57. The van der Waals surface area contributed by atoms with Crippen molar-refractivity contribution in [3.05, 3.63) is 75.9 Å². The Labute approximate surface area is 204 Å². The summed E-state index contributed by atoms with van der Waals surface area (Å²) in [7, 11) is 0. The van der Waals surface area contributed by atoms with E-state index in [1.165, 1.54) is 0 Å². The lowest BCUT2D eigenvalue weighted by atomic mass is 10.2. The Morgan fingerprint density at radius 3 is 2.74 bits per heavy atom. The smallest absolute Gasteiger partial charge is 0.214 e. The third kappa shape index (κ3) is 6.33. The Morgan fingerprint density at radius 1 is 1.10 bits per heavy atom. The highest BCUT2D eigenvalue weighted by atomic mass is 79.9. The van der Waals surface area contributed by atoms with Gasteiger partial charge in [-0.3, -0.25) is 0 Å². The van der Waals surface area contributed by atoms with Crippen LogP contribution in [0.4, 0.5) is 0 Å². The number of furan rings is 1. The molecule has 1 N–H and O–H groups in total. The largest absolute Gasteiger partial charge is 0.460 e. The zero-order valence-corrected chi connectivity index (χ0v) is 20.3. The molecule has 0 amide bonds. The molecule has 0 aliphatic rings. The highest BCUT2D eigenvalue weighted by molar-refractivity contribution is 9.10. The van der Waals surface area contributed by atoms with Crippen LogP contribution in [0.15, 0.2) is 74.7 Å². The maximum Gasteiger partial charge on any atom is 0.214 e. The van der Waals surface area contributed by atoms with Crippen LogP contribution in [-0.4, -0.2) is 32.5 Å². The van der Waals surface area contributed by atoms with Crippen LogP contribution in [0.1, 0.15) is 12.2 Å². The Hall–Kier alpha value is -1.84. The van der Waals surface area contributed by atoms with Crippen LogP contribution in [0.25, 0.3) is 17.0 Å². The molecule has 0 bridgehead atoms. The first-order valence-electron chi connectivity index (χ1n) is 9.42. The van der Waals surface area contributed by atoms with E-state index in [1.807, 2.05) is 60.7 Å². The summed E-state index contributed by atoms with van der Waals surface area (Å²) < 4.78 is 8.63.